The highest BCUT2D eigenvalue weighted by Gasteiger charge is 2.32. The normalized spacial score (nSPS) is 18.6. The van der Waals surface area contributed by atoms with Gasteiger partial charge in [0.25, 0.3) is 5.91 Å². The molecule has 1 unspecified atom stereocenters. The van der Waals surface area contributed by atoms with Crippen LogP contribution in [-0.4, -0.2) is 45.2 Å². The van der Waals surface area contributed by atoms with Crippen LogP contribution >= 0.6 is 0 Å². The number of nitrogens with zero attached hydrogens (tertiary/aromatic N) is 4. The first kappa shape index (κ1) is 17.0. The number of carbonyl (C=O) groups is 1. The van der Waals surface area contributed by atoms with Gasteiger partial charge in [-0.25, -0.2) is 9.50 Å². The van der Waals surface area contributed by atoms with Crippen molar-refractivity contribution in [1.82, 2.24) is 19.5 Å². The standard InChI is InChI=1S/C21H22N4O3/c1-13-10-20-22-12-16(14(2)25(20)23-13)21(26)24-7-3-4-17(24)15-5-6-18-19(11-15)28-9-8-27-18/h5-6,10-12,17H,3-4,7-9H2,1-2H3. The molecule has 7 heteroatoms. The highest BCUT2D eigenvalue weighted by molar-refractivity contribution is 5.95. The highest BCUT2D eigenvalue weighted by atomic mass is 16.6. The van der Waals surface area contributed by atoms with Gasteiger partial charge in [0.1, 0.15) is 13.2 Å². The van der Waals surface area contributed by atoms with Gasteiger partial charge in [-0.05, 0) is 44.4 Å². The number of ether oxygens (including phenoxy) is 2. The smallest absolute Gasteiger partial charge is 0.257 e. The molecule has 0 aliphatic carbocycles. The van der Waals surface area contributed by atoms with Crippen molar-refractivity contribution >= 4 is 11.6 Å². The molecule has 0 radical (unpaired) electrons. The average Bonchev–Trinajstić information content (AvgIpc) is 3.34. The lowest BCUT2D eigenvalue weighted by molar-refractivity contribution is 0.0733. The van der Waals surface area contributed by atoms with Crippen molar-refractivity contribution in [2.75, 3.05) is 19.8 Å². The molecule has 144 valence electrons. The fourth-order valence-electron chi connectivity index (χ4n) is 4.15. The van der Waals surface area contributed by atoms with Crippen LogP contribution < -0.4 is 9.47 Å². The minimum atomic E-state index is -0.00237. The number of amides is 1. The van der Waals surface area contributed by atoms with Crippen molar-refractivity contribution in [3.05, 3.63) is 53.0 Å². The number of aryl methyl sites for hydroxylation is 2. The molecule has 2 aliphatic heterocycles. The maximum absolute atomic E-state index is 13.4. The number of rotatable bonds is 2. The van der Waals surface area contributed by atoms with E-state index in [0.29, 0.717) is 18.8 Å². The minimum Gasteiger partial charge on any atom is -0.486 e. The summed E-state index contributed by atoms with van der Waals surface area (Å²) in [6.07, 6.45) is 3.58. The van der Waals surface area contributed by atoms with Crippen LogP contribution in [0.25, 0.3) is 5.65 Å². The van der Waals surface area contributed by atoms with E-state index in [0.717, 1.165) is 53.5 Å². The Morgan fingerprint density at radius 1 is 1.14 bits per heavy atom. The first-order chi connectivity index (χ1) is 13.6. The van der Waals surface area contributed by atoms with E-state index in [-0.39, 0.29) is 11.9 Å². The molecule has 1 saturated heterocycles. The number of carbonyl (C=O) groups excluding carboxylic acids is 1. The molecule has 0 N–H and O–H groups in total. The van der Waals surface area contributed by atoms with Crippen LogP contribution in [0.15, 0.2) is 30.5 Å². The fraction of sp³-hybridized carbons (Fsp3) is 0.381. The number of likely N-dealkylation sites (tertiary alicyclic amines) is 1. The van der Waals surface area contributed by atoms with Gasteiger partial charge in [-0.1, -0.05) is 6.07 Å². The molecule has 5 rings (SSSR count). The zero-order chi connectivity index (χ0) is 19.3. The molecule has 1 amide bonds. The molecular formula is C21H22N4O3. The SMILES string of the molecule is Cc1cc2ncc(C(=O)N3CCCC3c3ccc4c(c3)OCCO4)c(C)n2n1. The number of hydrogen-bond acceptors (Lipinski definition) is 5. The molecule has 28 heavy (non-hydrogen) atoms. The van der Waals surface area contributed by atoms with E-state index < -0.39 is 0 Å². The van der Waals surface area contributed by atoms with E-state index >= 15 is 0 Å². The fourth-order valence-corrected chi connectivity index (χ4v) is 4.15. The summed E-state index contributed by atoms with van der Waals surface area (Å²) in [5.74, 6) is 1.53. The molecule has 0 saturated carbocycles. The van der Waals surface area contributed by atoms with E-state index in [9.17, 15) is 4.79 Å². The molecular weight excluding hydrogens is 356 g/mol. The molecule has 0 bridgehead atoms. The third-order valence-corrected chi connectivity index (χ3v) is 5.54. The Labute approximate surface area is 162 Å². The summed E-state index contributed by atoms with van der Waals surface area (Å²) in [5, 5.41) is 4.46. The lowest BCUT2D eigenvalue weighted by atomic mass is 10.0. The van der Waals surface area contributed by atoms with Crippen LogP contribution in [0.1, 0.15) is 46.2 Å². The van der Waals surface area contributed by atoms with Gasteiger partial charge in [0.2, 0.25) is 0 Å². The van der Waals surface area contributed by atoms with E-state index in [1.807, 2.05) is 43.0 Å². The van der Waals surface area contributed by atoms with Gasteiger partial charge < -0.3 is 14.4 Å². The Morgan fingerprint density at radius 3 is 2.82 bits per heavy atom. The molecule has 2 aliphatic rings. The second-order valence-electron chi connectivity index (χ2n) is 7.37. The summed E-state index contributed by atoms with van der Waals surface area (Å²) in [4.78, 5) is 19.7. The third-order valence-electron chi connectivity index (χ3n) is 5.54. The molecule has 1 aromatic carbocycles. The summed E-state index contributed by atoms with van der Waals surface area (Å²) in [6, 6.07) is 7.92. The third kappa shape index (κ3) is 2.69. The van der Waals surface area contributed by atoms with E-state index in [4.69, 9.17) is 9.47 Å². The summed E-state index contributed by atoms with van der Waals surface area (Å²) in [5.41, 5.74) is 4.14. The van der Waals surface area contributed by atoms with Crippen LogP contribution in [0.3, 0.4) is 0 Å². The number of aromatic nitrogens is 3. The highest BCUT2D eigenvalue weighted by Crippen LogP contribution is 2.38. The van der Waals surface area contributed by atoms with Crippen molar-refractivity contribution in [2.24, 2.45) is 0 Å². The Balaban J connectivity index is 1.48. The van der Waals surface area contributed by atoms with Crippen molar-refractivity contribution in [1.29, 1.82) is 0 Å². The van der Waals surface area contributed by atoms with Crippen molar-refractivity contribution in [2.45, 2.75) is 32.7 Å². The molecule has 1 atom stereocenters. The van der Waals surface area contributed by atoms with E-state index in [2.05, 4.69) is 10.1 Å². The molecule has 0 spiro atoms. The lowest BCUT2D eigenvalue weighted by Crippen LogP contribution is -2.31. The van der Waals surface area contributed by atoms with Gasteiger partial charge in [0.15, 0.2) is 17.1 Å². The largest absolute Gasteiger partial charge is 0.486 e. The Bertz CT molecular complexity index is 1070. The van der Waals surface area contributed by atoms with Gasteiger partial charge in [0, 0.05) is 18.8 Å². The summed E-state index contributed by atoms with van der Waals surface area (Å²) in [6.45, 7) is 5.70. The molecule has 7 nitrogen and oxygen atoms in total. The summed E-state index contributed by atoms with van der Waals surface area (Å²) < 4.78 is 13.1. The van der Waals surface area contributed by atoms with Crippen LogP contribution in [0.5, 0.6) is 11.5 Å². The van der Waals surface area contributed by atoms with Crippen molar-refractivity contribution in [3.8, 4) is 11.5 Å². The van der Waals surface area contributed by atoms with Crippen LogP contribution in [0.2, 0.25) is 0 Å². The van der Waals surface area contributed by atoms with Gasteiger partial charge in [-0.15, -0.1) is 0 Å². The van der Waals surface area contributed by atoms with E-state index in [1.165, 1.54) is 0 Å². The number of fused-ring (bicyclic) bond motifs is 2. The monoisotopic (exact) mass is 378 g/mol. The second kappa shape index (κ2) is 6.51. The Morgan fingerprint density at radius 2 is 1.96 bits per heavy atom. The lowest BCUT2D eigenvalue weighted by Gasteiger charge is -2.27. The van der Waals surface area contributed by atoms with Crippen molar-refractivity contribution in [3.63, 3.8) is 0 Å². The van der Waals surface area contributed by atoms with Crippen LogP contribution in [-0.2, 0) is 0 Å². The number of hydrogen-bond donors (Lipinski definition) is 0. The minimum absolute atomic E-state index is 0.00237. The zero-order valence-electron chi connectivity index (χ0n) is 16.0. The van der Waals surface area contributed by atoms with Gasteiger partial charge in [0.05, 0.1) is 23.0 Å². The predicted octanol–water partition coefficient (Wildman–Crippen LogP) is 3.09. The molecule has 4 heterocycles. The van der Waals surface area contributed by atoms with Crippen molar-refractivity contribution < 1.29 is 14.3 Å². The predicted molar refractivity (Wildman–Crippen MR) is 103 cm³/mol. The maximum Gasteiger partial charge on any atom is 0.257 e. The van der Waals surface area contributed by atoms with Gasteiger partial charge in [-0.3, -0.25) is 4.79 Å². The maximum atomic E-state index is 13.4. The first-order valence-electron chi connectivity index (χ1n) is 9.64. The molecule has 2 aromatic heterocycles. The molecule has 1 fully saturated rings. The van der Waals surface area contributed by atoms with Gasteiger partial charge in [-0.2, -0.15) is 5.10 Å². The van der Waals surface area contributed by atoms with E-state index in [1.54, 1.807) is 10.7 Å². The summed E-state index contributed by atoms with van der Waals surface area (Å²) in [7, 11) is 0. The Kier molecular flexibility index (Phi) is 3.96. The van der Waals surface area contributed by atoms with Gasteiger partial charge >= 0.3 is 0 Å². The molecule has 3 aromatic rings. The van der Waals surface area contributed by atoms with Crippen LogP contribution in [0.4, 0.5) is 0 Å². The average molecular weight is 378 g/mol. The zero-order valence-corrected chi connectivity index (χ0v) is 16.0. The second-order valence-corrected chi connectivity index (χ2v) is 7.37. The topological polar surface area (TPSA) is 69.0 Å². The van der Waals surface area contributed by atoms with Crippen LogP contribution in [0, 0.1) is 13.8 Å². The first-order valence-corrected chi connectivity index (χ1v) is 9.64. The summed E-state index contributed by atoms with van der Waals surface area (Å²) >= 11 is 0. The Hall–Kier alpha value is -3.09. The number of benzene rings is 1. The quantitative estimate of drug-likeness (QED) is 0.685.